The molecule has 0 fully saturated rings. The van der Waals surface area contributed by atoms with Gasteiger partial charge in [0.05, 0.1) is 10.5 Å². The maximum Gasteiger partial charge on any atom is 0.269 e. The van der Waals surface area contributed by atoms with Crippen LogP contribution in [0.1, 0.15) is 16.1 Å². The van der Waals surface area contributed by atoms with E-state index in [1.807, 2.05) is 0 Å². The highest BCUT2D eigenvalue weighted by Gasteiger charge is 2.10. The molecule has 1 aromatic heterocycles. The zero-order valence-corrected chi connectivity index (χ0v) is 13.3. The summed E-state index contributed by atoms with van der Waals surface area (Å²) >= 11 is 0. The Morgan fingerprint density at radius 3 is 2.42 bits per heavy atom. The number of ketones is 1. The number of allylic oxidation sites excluding steroid dienone is 1. The summed E-state index contributed by atoms with van der Waals surface area (Å²) in [4.78, 5) is 22.3. The second-order valence-electron chi connectivity index (χ2n) is 5.41. The molecule has 26 heavy (non-hydrogen) atoms. The highest BCUT2D eigenvalue weighted by atomic mass is 16.6. The van der Waals surface area contributed by atoms with Gasteiger partial charge in [-0.05, 0) is 48.6 Å². The molecule has 7 nitrogen and oxygen atoms in total. The first-order valence-electron chi connectivity index (χ1n) is 7.53. The molecule has 0 saturated heterocycles. The topological polar surface area (TPSA) is 114 Å². The minimum atomic E-state index is -0.482. The van der Waals surface area contributed by atoms with Crippen LogP contribution in [0.2, 0.25) is 0 Å². The molecule has 0 atom stereocenters. The maximum absolute atomic E-state index is 12.1. The second kappa shape index (κ2) is 6.94. The van der Waals surface area contributed by atoms with Gasteiger partial charge in [-0.3, -0.25) is 14.9 Å². The molecule has 7 heteroatoms. The summed E-state index contributed by atoms with van der Waals surface area (Å²) in [5.41, 5.74) is 0.707. The van der Waals surface area contributed by atoms with E-state index in [9.17, 15) is 25.1 Å². The minimum absolute atomic E-state index is 0.0141. The van der Waals surface area contributed by atoms with Crippen LogP contribution >= 0.6 is 0 Å². The average molecular weight is 351 g/mol. The van der Waals surface area contributed by atoms with Gasteiger partial charge in [0, 0.05) is 23.8 Å². The second-order valence-corrected chi connectivity index (χ2v) is 5.41. The Balaban J connectivity index is 1.76. The molecule has 2 aromatic carbocycles. The molecule has 0 bridgehead atoms. The number of carbonyl (C=O) groups is 1. The first-order valence-corrected chi connectivity index (χ1v) is 7.53. The molecule has 0 spiro atoms. The first kappa shape index (κ1) is 17.0. The van der Waals surface area contributed by atoms with Crippen LogP contribution in [0.5, 0.6) is 11.5 Å². The summed E-state index contributed by atoms with van der Waals surface area (Å²) < 4.78 is 5.59. The smallest absolute Gasteiger partial charge is 0.269 e. The minimum Gasteiger partial charge on any atom is -0.508 e. The monoisotopic (exact) mass is 351 g/mol. The third-order valence-electron chi connectivity index (χ3n) is 3.64. The fraction of sp³-hybridized carbons (Fsp3) is 0. The highest BCUT2D eigenvalue weighted by Crippen LogP contribution is 2.26. The Labute approximate surface area is 147 Å². The molecular weight excluding hydrogens is 338 g/mol. The van der Waals surface area contributed by atoms with Crippen LogP contribution in [0, 0.1) is 10.1 Å². The normalized spacial score (nSPS) is 10.9. The van der Waals surface area contributed by atoms with Crippen molar-refractivity contribution in [3.05, 3.63) is 82.1 Å². The van der Waals surface area contributed by atoms with Gasteiger partial charge < -0.3 is 14.6 Å². The predicted octanol–water partition coefficient (Wildman–Crippen LogP) is 4.16. The van der Waals surface area contributed by atoms with Gasteiger partial charge in [0.25, 0.3) is 5.69 Å². The van der Waals surface area contributed by atoms with Crippen LogP contribution in [0.4, 0.5) is 5.69 Å². The van der Waals surface area contributed by atoms with E-state index in [2.05, 4.69) is 0 Å². The molecule has 0 radical (unpaired) electrons. The molecule has 0 aliphatic carbocycles. The molecule has 130 valence electrons. The molecule has 0 unspecified atom stereocenters. The van der Waals surface area contributed by atoms with Gasteiger partial charge in [-0.2, -0.15) is 0 Å². The molecule has 2 N–H and O–H groups in total. The van der Waals surface area contributed by atoms with Gasteiger partial charge >= 0.3 is 0 Å². The van der Waals surface area contributed by atoms with Gasteiger partial charge in [0.15, 0.2) is 5.78 Å². The summed E-state index contributed by atoms with van der Waals surface area (Å²) in [5, 5.41) is 29.6. The number of non-ortho nitro benzene ring substituents is 1. The number of hydrogen-bond donors (Lipinski definition) is 2. The number of carbonyl (C=O) groups excluding carboxylic acids is 1. The van der Waals surface area contributed by atoms with E-state index in [0.29, 0.717) is 17.1 Å². The third kappa shape index (κ3) is 3.62. The number of nitro benzene ring substituents is 1. The van der Waals surface area contributed by atoms with Gasteiger partial charge in [0.2, 0.25) is 0 Å². The molecule has 0 aliphatic rings. The Hall–Kier alpha value is -3.87. The number of aromatic hydroxyl groups is 2. The third-order valence-corrected chi connectivity index (χ3v) is 3.64. The lowest BCUT2D eigenvalue weighted by Crippen LogP contribution is -1.94. The maximum atomic E-state index is 12.1. The summed E-state index contributed by atoms with van der Waals surface area (Å²) in [5.74, 6) is 0.00713. The summed E-state index contributed by atoms with van der Waals surface area (Å²) in [6.45, 7) is 0. The van der Waals surface area contributed by atoms with E-state index < -0.39 is 10.7 Å². The Morgan fingerprint density at radius 1 is 1.04 bits per heavy atom. The van der Waals surface area contributed by atoms with Crippen LogP contribution < -0.4 is 0 Å². The van der Waals surface area contributed by atoms with E-state index in [1.54, 1.807) is 24.3 Å². The van der Waals surface area contributed by atoms with Crippen molar-refractivity contribution in [2.75, 3.05) is 0 Å². The average Bonchev–Trinajstić information content (AvgIpc) is 3.09. The van der Waals surface area contributed by atoms with Crippen molar-refractivity contribution in [3.8, 4) is 22.8 Å². The molecular formula is C19H13NO6. The zero-order valence-electron chi connectivity index (χ0n) is 13.3. The number of phenolic OH excluding ortho intramolecular Hbond substituents is 2. The van der Waals surface area contributed by atoms with Crippen molar-refractivity contribution >= 4 is 17.5 Å². The van der Waals surface area contributed by atoms with E-state index in [4.69, 9.17) is 4.42 Å². The Bertz CT molecular complexity index is 1000. The lowest BCUT2D eigenvalue weighted by atomic mass is 10.1. The van der Waals surface area contributed by atoms with E-state index in [1.165, 1.54) is 36.4 Å². The fourth-order valence-corrected chi connectivity index (χ4v) is 2.32. The number of phenols is 2. The number of hydrogen-bond acceptors (Lipinski definition) is 6. The Morgan fingerprint density at radius 2 is 1.77 bits per heavy atom. The van der Waals surface area contributed by atoms with Gasteiger partial charge in [0.1, 0.15) is 23.0 Å². The van der Waals surface area contributed by atoms with Gasteiger partial charge in [-0.15, -0.1) is 0 Å². The van der Waals surface area contributed by atoms with Crippen molar-refractivity contribution in [2.24, 2.45) is 0 Å². The molecule has 3 rings (SSSR count). The highest BCUT2D eigenvalue weighted by molar-refractivity contribution is 6.08. The van der Waals surface area contributed by atoms with Crippen molar-refractivity contribution in [3.63, 3.8) is 0 Å². The number of furan rings is 1. The predicted molar refractivity (Wildman–Crippen MR) is 93.9 cm³/mol. The lowest BCUT2D eigenvalue weighted by molar-refractivity contribution is -0.384. The summed E-state index contributed by atoms with van der Waals surface area (Å²) in [7, 11) is 0. The van der Waals surface area contributed by atoms with Crippen molar-refractivity contribution < 1.29 is 24.3 Å². The lowest BCUT2D eigenvalue weighted by Gasteiger charge is -2.00. The zero-order chi connectivity index (χ0) is 18.7. The van der Waals surface area contributed by atoms with Crippen LogP contribution in [0.25, 0.3) is 17.4 Å². The van der Waals surface area contributed by atoms with Gasteiger partial charge in [-0.1, -0.05) is 0 Å². The molecule has 3 aromatic rings. The number of nitro groups is 1. The first-order chi connectivity index (χ1) is 12.4. The van der Waals surface area contributed by atoms with E-state index in [0.717, 1.165) is 6.07 Å². The van der Waals surface area contributed by atoms with Crippen LogP contribution in [-0.4, -0.2) is 20.9 Å². The quantitative estimate of drug-likeness (QED) is 0.309. The molecule has 1 heterocycles. The number of benzene rings is 2. The van der Waals surface area contributed by atoms with Crippen LogP contribution in [0.15, 0.2) is 65.1 Å². The van der Waals surface area contributed by atoms with E-state index >= 15 is 0 Å². The fourth-order valence-electron chi connectivity index (χ4n) is 2.32. The van der Waals surface area contributed by atoms with E-state index in [-0.39, 0.29) is 22.7 Å². The Kier molecular flexibility index (Phi) is 4.53. The van der Waals surface area contributed by atoms with Gasteiger partial charge in [-0.25, -0.2) is 0 Å². The summed E-state index contributed by atoms with van der Waals surface area (Å²) in [6, 6.07) is 13.0. The molecule has 0 aliphatic heterocycles. The van der Waals surface area contributed by atoms with Crippen molar-refractivity contribution in [1.29, 1.82) is 0 Å². The largest absolute Gasteiger partial charge is 0.508 e. The number of nitrogens with zero attached hydrogens (tertiary/aromatic N) is 1. The van der Waals surface area contributed by atoms with Crippen molar-refractivity contribution in [1.82, 2.24) is 0 Å². The molecule has 0 saturated carbocycles. The SMILES string of the molecule is O=C(/C=C/c1ccc(-c2ccc([N+](=O)[O-])cc2)o1)c1ccc(O)cc1O. The molecule has 0 amide bonds. The summed E-state index contributed by atoms with van der Waals surface area (Å²) in [6.07, 6.45) is 2.69. The van der Waals surface area contributed by atoms with Crippen molar-refractivity contribution in [2.45, 2.75) is 0 Å². The van der Waals surface area contributed by atoms with Crippen LogP contribution in [0.3, 0.4) is 0 Å². The number of rotatable bonds is 5. The standard InChI is InChI=1S/C19H13NO6/c21-14-5-8-16(18(23)11-14)17(22)9-6-15-7-10-19(26-15)12-1-3-13(4-2-12)20(24)25/h1-11,21,23H/b9-6+. The van der Waals surface area contributed by atoms with Crippen LogP contribution in [-0.2, 0) is 0 Å².